The van der Waals surface area contributed by atoms with Gasteiger partial charge in [-0.05, 0) is 5.56 Å². The van der Waals surface area contributed by atoms with Gasteiger partial charge in [-0.2, -0.15) is 0 Å². The van der Waals surface area contributed by atoms with Crippen LogP contribution in [0.15, 0.2) is 47.1 Å². The maximum absolute atomic E-state index is 12.6. The third-order valence-corrected chi connectivity index (χ3v) is 3.90. The van der Waals surface area contributed by atoms with Crippen molar-refractivity contribution in [3.63, 3.8) is 0 Å². The molecule has 0 spiro atoms. The van der Waals surface area contributed by atoms with Crippen LogP contribution in [0, 0.1) is 34.5 Å². The Morgan fingerprint density at radius 3 is 2.59 bits per heavy atom. The lowest BCUT2D eigenvalue weighted by Gasteiger charge is -2.28. The zero-order valence-corrected chi connectivity index (χ0v) is 15.0. The summed E-state index contributed by atoms with van der Waals surface area (Å²) in [6, 6.07) is 5.12. The SMILES string of the molecule is C#CCCC#COC(=O)C1=C(N)NC(N)=C(C(=O)O)C1c1cccc([N+](=O)[O-])c1. The minimum absolute atomic E-state index is 0.122. The molecule has 1 atom stereocenters. The van der Waals surface area contributed by atoms with Crippen LogP contribution >= 0.6 is 0 Å². The molecule has 2 rings (SSSR count). The molecule has 148 valence electrons. The first kappa shape index (κ1) is 20.9. The van der Waals surface area contributed by atoms with Crippen LogP contribution in [0.25, 0.3) is 0 Å². The number of nitro groups is 1. The summed E-state index contributed by atoms with van der Waals surface area (Å²) in [5.41, 5.74) is 10.7. The number of hydrogen-bond acceptors (Lipinski definition) is 8. The van der Waals surface area contributed by atoms with Gasteiger partial charge in [-0.3, -0.25) is 10.1 Å². The molecule has 0 aliphatic carbocycles. The fourth-order valence-corrected chi connectivity index (χ4v) is 2.68. The van der Waals surface area contributed by atoms with Gasteiger partial charge in [-0.25, -0.2) is 9.59 Å². The molecule has 0 saturated carbocycles. The Labute approximate surface area is 165 Å². The highest BCUT2D eigenvalue weighted by Gasteiger charge is 2.39. The van der Waals surface area contributed by atoms with E-state index < -0.39 is 28.4 Å². The number of benzene rings is 1. The molecule has 1 unspecified atom stereocenters. The van der Waals surface area contributed by atoms with Gasteiger partial charge in [0.25, 0.3) is 5.69 Å². The third kappa shape index (κ3) is 4.64. The first-order valence-corrected chi connectivity index (χ1v) is 8.14. The molecule has 0 fully saturated rings. The lowest BCUT2D eigenvalue weighted by Crippen LogP contribution is -2.39. The predicted octanol–water partition coefficient (Wildman–Crippen LogP) is 0.624. The second-order valence-corrected chi connectivity index (χ2v) is 5.74. The number of nitro benzene ring substituents is 1. The van der Waals surface area contributed by atoms with Gasteiger partial charge in [-0.15, -0.1) is 12.3 Å². The summed E-state index contributed by atoms with van der Waals surface area (Å²) >= 11 is 0. The van der Waals surface area contributed by atoms with E-state index in [-0.39, 0.29) is 34.9 Å². The van der Waals surface area contributed by atoms with Crippen molar-refractivity contribution in [1.82, 2.24) is 5.32 Å². The molecule has 1 aromatic carbocycles. The lowest BCUT2D eigenvalue weighted by molar-refractivity contribution is -0.384. The van der Waals surface area contributed by atoms with Crippen molar-refractivity contribution in [1.29, 1.82) is 0 Å². The van der Waals surface area contributed by atoms with E-state index in [1.54, 1.807) is 0 Å². The van der Waals surface area contributed by atoms with Crippen LogP contribution in [-0.4, -0.2) is 22.0 Å². The molecule has 6 N–H and O–H groups in total. The van der Waals surface area contributed by atoms with Gasteiger partial charge >= 0.3 is 11.9 Å². The van der Waals surface area contributed by atoms with E-state index in [4.69, 9.17) is 22.6 Å². The number of rotatable bonds is 5. The Hall–Kier alpha value is -4.44. The lowest BCUT2D eigenvalue weighted by atomic mass is 9.82. The van der Waals surface area contributed by atoms with Crippen LogP contribution in [0.1, 0.15) is 24.3 Å². The third-order valence-electron chi connectivity index (χ3n) is 3.90. The van der Waals surface area contributed by atoms with Crippen molar-refractivity contribution < 1.29 is 24.4 Å². The molecule has 1 aliphatic rings. The van der Waals surface area contributed by atoms with E-state index in [1.807, 2.05) is 0 Å². The van der Waals surface area contributed by atoms with E-state index in [2.05, 4.69) is 23.3 Å². The van der Waals surface area contributed by atoms with Crippen LogP contribution in [0.2, 0.25) is 0 Å². The van der Waals surface area contributed by atoms with Gasteiger partial charge in [0.2, 0.25) is 0 Å². The van der Waals surface area contributed by atoms with Gasteiger partial charge in [0.15, 0.2) is 0 Å². The minimum Gasteiger partial charge on any atom is -0.478 e. The molecule has 0 radical (unpaired) electrons. The number of nitrogens with two attached hydrogens (primary N) is 2. The standard InChI is InChI=1S/C19H16N4O6/c1-2-3-4-5-9-29-19(26)15-13(11-7-6-8-12(10-11)23(27)28)14(18(24)25)16(20)22-17(15)21/h1,6-8,10,13,22H,3-4,20-21H2,(H,24,25). The van der Waals surface area contributed by atoms with Crippen LogP contribution in [0.5, 0.6) is 0 Å². The smallest absolute Gasteiger partial charge is 0.352 e. The number of non-ortho nitro benzene ring substituents is 1. The van der Waals surface area contributed by atoms with Crippen molar-refractivity contribution in [2.45, 2.75) is 18.8 Å². The molecule has 0 bridgehead atoms. The number of dihydropyridines is 1. The molecule has 0 saturated heterocycles. The second kappa shape index (κ2) is 8.97. The molecule has 29 heavy (non-hydrogen) atoms. The molecule has 1 aliphatic heterocycles. The quantitative estimate of drug-likeness (QED) is 0.183. The fourth-order valence-electron chi connectivity index (χ4n) is 2.68. The largest absolute Gasteiger partial charge is 0.478 e. The number of esters is 1. The summed E-state index contributed by atoms with van der Waals surface area (Å²) < 4.78 is 4.85. The molecule has 0 aromatic heterocycles. The first-order chi connectivity index (χ1) is 13.8. The van der Waals surface area contributed by atoms with Crippen molar-refractivity contribution in [2.75, 3.05) is 0 Å². The monoisotopic (exact) mass is 396 g/mol. The number of terminal acetylenes is 1. The van der Waals surface area contributed by atoms with E-state index in [0.29, 0.717) is 6.42 Å². The highest BCUT2D eigenvalue weighted by atomic mass is 16.6. The Bertz CT molecular complexity index is 1040. The van der Waals surface area contributed by atoms with Gasteiger partial charge < -0.3 is 26.6 Å². The van der Waals surface area contributed by atoms with Gasteiger partial charge in [-0.1, -0.05) is 18.1 Å². The number of hydrogen-bond donors (Lipinski definition) is 4. The Morgan fingerprint density at radius 1 is 1.28 bits per heavy atom. The summed E-state index contributed by atoms with van der Waals surface area (Å²) in [6.07, 6.45) is 7.93. The van der Waals surface area contributed by atoms with Crippen molar-refractivity contribution in [3.8, 4) is 24.4 Å². The number of nitrogens with one attached hydrogen (secondary N) is 1. The van der Waals surface area contributed by atoms with E-state index in [0.717, 1.165) is 6.07 Å². The predicted molar refractivity (Wildman–Crippen MR) is 101 cm³/mol. The minimum atomic E-state index is -1.44. The fraction of sp³-hybridized carbons (Fsp3) is 0.158. The molecular formula is C19H16N4O6. The van der Waals surface area contributed by atoms with Gasteiger partial charge in [0.1, 0.15) is 17.7 Å². The molecule has 1 aromatic rings. The number of carbonyl (C=O) groups excluding carboxylic acids is 1. The number of aliphatic carboxylic acids is 1. The van der Waals surface area contributed by atoms with Crippen molar-refractivity contribution >= 4 is 17.6 Å². The zero-order valence-electron chi connectivity index (χ0n) is 15.0. The molecule has 10 heteroatoms. The number of carboxylic acids is 1. The summed E-state index contributed by atoms with van der Waals surface area (Å²) in [6.45, 7) is 0. The van der Waals surface area contributed by atoms with Crippen LogP contribution in [0.3, 0.4) is 0 Å². The average molecular weight is 396 g/mol. The average Bonchev–Trinajstić information content (AvgIpc) is 2.66. The van der Waals surface area contributed by atoms with E-state index in [9.17, 15) is 24.8 Å². The zero-order chi connectivity index (χ0) is 21.6. The topological polar surface area (TPSA) is 171 Å². The van der Waals surface area contributed by atoms with Gasteiger partial charge in [0, 0.05) is 25.0 Å². The van der Waals surface area contributed by atoms with Crippen LogP contribution < -0.4 is 16.8 Å². The van der Waals surface area contributed by atoms with Gasteiger partial charge in [0.05, 0.1) is 22.0 Å². The number of carbonyl (C=O) groups is 2. The number of ether oxygens (including phenoxy) is 1. The van der Waals surface area contributed by atoms with Crippen LogP contribution in [-0.2, 0) is 14.3 Å². The maximum Gasteiger partial charge on any atom is 0.352 e. The van der Waals surface area contributed by atoms with Crippen LogP contribution in [0.4, 0.5) is 5.69 Å². The van der Waals surface area contributed by atoms with E-state index >= 15 is 0 Å². The van der Waals surface area contributed by atoms with Crippen molar-refractivity contribution in [3.05, 3.63) is 62.7 Å². The number of unbranched alkanes of at least 4 members (excludes halogenated alkanes) is 1. The summed E-state index contributed by atoms with van der Waals surface area (Å²) in [5, 5.41) is 23.1. The Balaban J connectivity index is 2.53. The summed E-state index contributed by atoms with van der Waals surface area (Å²) in [5.74, 6) is 0.573. The first-order valence-electron chi connectivity index (χ1n) is 8.14. The normalized spacial score (nSPS) is 15.5. The maximum atomic E-state index is 12.6. The van der Waals surface area contributed by atoms with Crippen molar-refractivity contribution in [2.24, 2.45) is 11.5 Å². The summed E-state index contributed by atoms with van der Waals surface area (Å²) in [4.78, 5) is 34.8. The number of nitrogens with zero attached hydrogens (tertiary/aromatic N) is 1. The number of carboxylic acid groups (broad SMARTS) is 1. The highest BCUT2D eigenvalue weighted by molar-refractivity contribution is 5.99. The second-order valence-electron chi connectivity index (χ2n) is 5.74. The molecule has 1 heterocycles. The Morgan fingerprint density at radius 2 is 1.97 bits per heavy atom. The highest BCUT2D eigenvalue weighted by Crippen LogP contribution is 2.38. The Kier molecular flexibility index (Phi) is 6.46. The molecule has 10 nitrogen and oxygen atoms in total. The molecular weight excluding hydrogens is 380 g/mol. The molecule has 0 amide bonds. The summed E-state index contributed by atoms with van der Waals surface area (Å²) in [7, 11) is 0. The van der Waals surface area contributed by atoms with E-state index in [1.165, 1.54) is 18.2 Å².